The number of hydrogen-bond acceptors (Lipinski definition) is 4. The van der Waals surface area contributed by atoms with Crippen LogP contribution in [0.3, 0.4) is 0 Å². The van der Waals surface area contributed by atoms with Gasteiger partial charge in [0.15, 0.2) is 0 Å². The lowest BCUT2D eigenvalue weighted by Crippen LogP contribution is -2.32. The van der Waals surface area contributed by atoms with Gasteiger partial charge in [-0.1, -0.05) is 29.8 Å². The van der Waals surface area contributed by atoms with Gasteiger partial charge in [-0.3, -0.25) is 9.78 Å². The molecule has 3 rings (SSSR count). The molecule has 0 bridgehead atoms. The number of aromatic nitrogens is 1. The Labute approximate surface area is 157 Å². The molecule has 1 aromatic carbocycles. The summed E-state index contributed by atoms with van der Waals surface area (Å²) in [5.74, 6) is 0.825. The smallest absolute Gasteiger partial charge is 0.255 e. The molecule has 0 aliphatic heterocycles. The number of ether oxygens (including phenoxy) is 1. The second-order valence-electron chi connectivity index (χ2n) is 5.80. The molecule has 0 spiro atoms. The van der Waals surface area contributed by atoms with Crippen LogP contribution in [0.5, 0.6) is 0 Å². The Balaban J connectivity index is 1.85. The predicted molar refractivity (Wildman–Crippen MR) is 100 cm³/mol. The molecular weight excluding hydrogens is 352 g/mol. The fourth-order valence-electron chi connectivity index (χ4n) is 2.69. The molecule has 1 amide bonds. The predicted octanol–water partition coefficient (Wildman–Crippen LogP) is 4.42. The Morgan fingerprint density at radius 2 is 2.04 bits per heavy atom. The second kappa shape index (κ2) is 8.17. The first-order valence-corrected chi connectivity index (χ1v) is 8.54. The maximum Gasteiger partial charge on any atom is 0.255 e. The van der Waals surface area contributed by atoms with Crippen LogP contribution in [0, 0.1) is 6.92 Å². The SMILES string of the molecule is COCC(NC(=O)c1cc(-c2ccccc2Cl)oc1C)c1ccccn1. The maximum atomic E-state index is 12.8. The number of carbonyl (C=O) groups is 1. The summed E-state index contributed by atoms with van der Waals surface area (Å²) in [5, 5.41) is 3.52. The van der Waals surface area contributed by atoms with Crippen LogP contribution in [0.1, 0.15) is 27.9 Å². The van der Waals surface area contributed by atoms with Crippen molar-refractivity contribution in [2.75, 3.05) is 13.7 Å². The van der Waals surface area contributed by atoms with Crippen molar-refractivity contribution in [1.29, 1.82) is 0 Å². The Morgan fingerprint density at radius 1 is 1.27 bits per heavy atom. The van der Waals surface area contributed by atoms with Crippen molar-refractivity contribution in [1.82, 2.24) is 10.3 Å². The largest absolute Gasteiger partial charge is 0.460 e. The number of benzene rings is 1. The van der Waals surface area contributed by atoms with Crippen LogP contribution < -0.4 is 5.32 Å². The van der Waals surface area contributed by atoms with Gasteiger partial charge in [0.1, 0.15) is 11.5 Å². The molecule has 6 heteroatoms. The molecule has 1 N–H and O–H groups in total. The van der Waals surface area contributed by atoms with Crippen LogP contribution in [-0.4, -0.2) is 24.6 Å². The van der Waals surface area contributed by atoms with Crippen molar-refractivity contribution < 1.29 is 13.9 Å². The summed E-state index contributed by atoms with van der Waals surface area (Å²) >= 11 is 6.22. The van der Waals surface area contributed by atoms with E-state index in [2.05, 4.69) is 10.3 Å². The number of nitrogens with zero attached hydrogens (tertiary/aromatic N) is 1. The third-order valence-corrected chi connectivity index (χ3v) is 4.31. The van der Waals surface area contributed by atoms with Crippen LogP contribution >= 0.6 is 11.6 Å². The highest BCUT2D eigenvalue weighted by atomic mass is 35.5. The van der Waals surface area contributed by atoms with Crippen LogP contribution in [0.4, 0.5) is 0 Å². The number of aryl methyl sites for hydroxylation is 1. The van der Waals surface area contributed by atoms with E-state index in [1.807, 2.05) is 36.4 Å². The normalized spacial score (nSPS) is 12.0. The second-order valence-corrected chi connectivity index (χ2v) is 6.20. The molecule has 0 radical (unpaired) electrons. The van der Waals surface area contributed by atoms with Crippen molar-refractivity contribution in [3.05, 3.63) is 76.8 Å². The summed E-state index contributed by atoms with van der Waals surface area (Å²) in [4.78, 5) is 17.1. The zero-order valence-corrected chi connectivity index (χ0v) is 15.3. The van der Waals surface area contributed by atoms with Gasteiger partial charge in [-0.15, -0.1) is 0 Å². The molecule has 2 aromatic heterocycles. The Kier molecular flexibility index (Phi) is 5.71. The summed E-state index contributed by atoms with van der Waals surface area (Å²) in [6.07, 6.45) is 1.68. The molecule has 0 saturated heterocycles. The van der Waals surface area contributed by atoms with E-state index in [-0.39, 0.29) is 11.9 Å². The minimum Gasteiger partial charge on any atom is -0.460 e. The van der Waals surface area contributed by atoms with Gasteiger partial charge in [-0.05, 0) is 37.3 Å². The number of carbonyl (C=O) groups excluding carboxylic acids is 1. The van der Waals surface area contributed by atoms with Gasteiger partial charge in [0.2, 0.25) is 0 Å². The molecule has 5 nitrogen and oxygen atoms in total. The summed E-state index contributed by atoms with van der Waals surface area (Å²) in [6, 6.07) is 14.2. The standard InChI is InChI=1S/C20H19ClN2O3/c1-13-15(11-19(26-13)14-7-3-4-8-16(14)21)20(24)23-18(12-25-2)17-9-5-6-10-22-17/h3-11,18H,12H2,1-2H3,(H,23,24). The molecule has 0 aliphatic rings. The van der Waals surface area contributed by atoms with E-state index in [4.69, 9.17) is 20.8 Å². The summed E-state index contributed by atoms with van der Waals surface area (Å²) in [7, 11) is 1.58. The lowest BCUT2D eigenvalue weighted by atomic mass is 10.1. The van der Waals surface area contributed by atoms with E-state index in [1.165, 1.54) is 0 Å². The molecule has 3 aromatic rings. The van der Waals surface area contributed by atoms with Crippen molar-refractivity contribution in [3.63, 3.8) is 0 Å². The van der Waals surface area contributed by atoms with Gasteiger partial charge in [-0.2, -0.15) is 0 Å². The van der Waals surface area contributed by atoms with Gasteiger partial charge >= 0.3 is 0 Å². The van der Waals surface area contributed by atoms with Gasteiger partial charge in [0, 0.05) is 18.9 Å². The van der Waals surface area contributed by atoms with E-state index in [0.717, 1.165) is 11.3 Å². The molecular formula is C20H19ClN2O3. The first-order valence-electron chi connectivity index (χ1n) is 8.16. The van der Waals surface area contributed by atoms with Gasteiger partial charge in [0.05, 0.1) is 28.9 Å². The average Bonchev–Trinajstić information content (AvgIpc) is 3.04. The molecule has 134 valence electrons. The summed E-state index contributed by atoms with van der Waals surface area (Å²) in [6.45, 7) is 2.07. The first-order chi connectivity index (χ1) is 12.6. The van der Waals surface area contributed by atoms with E-state index in [9.17, 15) is 4.79 Å². The monoisotopic (exact) mass is 370 g/mol. The zero-order chi connectivity index (χ0) is 18.5. The zero-order valence-electron chi connectivity index (χ0n) is 14.5. The Bertz CT molecular complexity index is 893. The van der Waals surface area contributed by atoms with Crippen LogP contribution in [0.25, 0.3) is 11.3 Å². The number of rotatable bonds is 6. The quantitative estimate of drug-likeness (QED) is 0.697. The number of methoxy groups -OCH3 is 1. The third-order valence-electron chi connectivity index (χ3n) is 3.99. The van der Waals surface area contributed by atoms with Crippen LogP contribution in [0.2, 0.25) is 5.02 Å². The molecule has 1 atom stereocenters. The highest BCUT2D eigenvalue weighted by molar-refractivity contribution is 6.33. The number of amides is 1. The van der Waals surface area contributed by atoms with Gasteiger partial charge in [0.25, 0.3) is 5.91 Å². The molecule has 0 aliphatic carbocycles. The Hall–Kier alpha value is -2.63. The minimum absolute atomic E-state index is 0.253. The lowest BCUT2D eigenvalue weighted by Gasteiger charge is -2.17. The number of halogens is 1. The number of nitrogens with one attached hydrogen (secondary N) is 1. The van der Waals surface area contributed by atoms with Crippen LogP contribution in [-0.2, 0) is 4.74 Å². The van der Waals surface area contributed by atoms with Gasteiger partial charge < -0.3 is 14.5 Å². The van der Waals surface area contributed by atoms with E-state index in [1.54, 1.807) is 32.4 Å². The van der Waals surface area contributed by atoms with Crippen molar-refractivity contribution in [3.8, 4) is 11.3 Å². The minimum atomic E-state index is -0.355. The molecule has 0 fully saturated rings. The third kappa shape index (κ3) is 3.95. The van der Waals surface area contributed by atoms with Crippen molar-refractivity contribution in [2.45, 2.75) is 13.0 Å². The lowest BCUT2D eigenvalue weighted by molar-refractivity contribution is 0.0893. The molecule has 26 heavy (non-hydrogen) atoms. The summed E-state index contributed by atoms with van der Waals surface area (Å²) in [5.41, 5.74) is 1.93. The van der Waals surface area contributed by atoms with E-state index < -0.39 is 0 Å². The maximum absolute atomic E-state index is 12.8. The molecule has 2 heterocycles. The Morgan fingerprint density at radius 3 is 2.73 bits per heavy atom. The summed E-state index contributed by atoms with van der Waals surface area (Å²) < 4.78 is 11.0. The fourth-order valence-corrected chi connectivity index (χ4v) is 2.92. The van der Waals surface area contributed by atoms with Gasteiger partial charge in [-0.25, -0.2) is 0 Å². The number of furan rings is 1. The topological polar surface area (TPSA) is 64.4 Å². The molecule has 0 saturated carbocycles. The van der Waals surface area contributed by atoms with Crippen LogP contribution in [0.15, 0.2) is 59.1 Å². The van der Waals surface area contributed by atoms with E-state index >= 15 is 0 Å². The molecule has 1 unspecified atom stereocenters. The van der Waals surface area contributed by atoms with Crippen molar-refractivity contribution >= 4 is 17.5 Å². The number of pyridine rings is 1. The average molecular weight is 371 g/mol. The van der Waals surface area contributed by atoms with E-state index in [0.29, 0.717) is 28.7 Å². The van der Waals surface area contributed by atoms with Crippen molar-refractivity contribution in [2.24, 2.45) is 0 Å². The fraction of sp³-hybridized carbons (Fsp3) is 0.200. The highest BCUT2D eigenvalue weighted by Gasteiger charge is 2.21. The first kappa shape index (κ1) is 18.2. The highest BCUT2D eigenvalue weighted by Crippen LogP contribution is 2.31. The number of hydrogen-bond donors (Lipinski definition) is 1.